The number of hydrogen-bond acceptors (Lipinski definition) is 6. The molecule has 0 amide bonds. The largest absolute Gasteiger partial charge is 0.497 e. The second kappa shape index (κ2) is 11.5. The summed E-state index contributed by atoms with van der Waals surface area (Å²) in [4.78, 5) is 4.24. The lowest BCUT2D eigenvalue weighted by Gasteiger charge is -2.22. The smallest absolute Gasteiger partial charge is 0.145 e. The van der Waals surface area contributed by atoms with Crippen LogP contribution >= 0.6 is 27.9 Å². The van der Waals surface area contributed by atoms with Crippen molar-refractivity contribution in [2.75, 3.05) is 27.3 Å². The Balaban J connectivity index is 2.10. The number of nitrogens with two attached hydrogens (primary N) is 1. The maximum Gasteiger partial charge on any atom is 0.145 e. The Hall–Kier alpha value is -1.35. The maximum atomic E-state index is 14.0. The highest BCUT2D eigenvalue weighted by Crippen LogP contribution is 2.29. The Morgan fingerprint density at radius 3 is 2.70 bits per heavy atom. The average Bonchev–Trinajstić information content (AvgIpc) is 2.68. The van der Waals surface area contributed by atoms with Crippen molar-refractivity contribution >= 4 is 27.9 Å². The summed E-state index contributed by atoms with van der Waals surface area (Å²) < 4.78 is 27.6. The van der Waals surface area contributed by atoms with E-state index in [4.69, 9.17) is 15.2 Å². The molecule has 0 bridgehead atoms. The van der Waals surface area contributed by atoms with Crippen molar-refractivity contribution in [3.8, 4) is 11.5 Å². The third-order valence-corrected chi connectivity index (χ3v) is 5.49. The summed E-state index contributed by atoms with van der Waals surface area (Å²) in [7, 11) is 3.27. The van der Waals surface area contributed by atoms with E-state index >= 15 is 0 Å². The number of aromatic nitrogens is 1. The highest BCUT2D eigenvalue weighted by Gasteiger charge is 2.14. The summed E-state index contributed by atoms with van der Waals surface area (Å²) in [6.07, 6.45) is 1.91. The number of halogens is 2. The first-order valence-corrected chi connectivity index (χ1v) is 10.4. The fourth-order valence-electron chi connectivity index (χ4n) is 2.51. The van der Waals surface area contributed by atoms with Crippen LogP contribution in [0.25, 0.3) is 0 Å². The number of ether oxygens (including phenoxy) is 2. The Labute approximate surface area is 172 Å². The van der Waals surface area contributed by atoms with Gasteiger partial charge in [0.25, 0.3) is 0 Å². The monoisotopic (exact) mass is 457 g/mol. The van der Waals surface area contributed by atoms with E-state index in [9.17, 15) is 4.39 Å². The van der Waals surface area contributed by atoms with Crippen LogP contribution in [0.2, 0.25) is 0 Å². The molecule has 0 aliphatic rings. The fourth-order valence-corrected chi connectivity index (χ4v) is 3.85. The van der Waals surface area contributed by atoms with Gasteiger partial charge < -0.3 is 15.2 Å². The molecule has 148 valence electrons. The van der Waals surface area contributed by atoms with Crippen LogP contribution in [0.5, 0.6) is 11.5 Å². The van der Waals surface area contributed by atoms with Crippen molar-refractivity contribution in [1.29, 1.82) is 0 Å². The van der Waals surface area contributed by atoms with Crippen molar-refractivity contribution in [3.05, 3.63) is 52.0 Å². The molecule has 2 aromatic rings. The maximum absolute atomic E-state index is 14.0. The van der Waals surface area contributed by atoms with E-state index in [2.05, 4.69) is 25.2 Å². The van der Waals surface area contributed by atoms with E-state index in [0.29, 0.717) is 29.1 Å². The second-order valence-electron chi connectivity index (χ2n) is 5.87. The summed E-state index contributed by atoms with van der Waals surface area (Å²) in [5.74, 6) is 1.67. The lowest BCUT2D eigenvalue weighted by molar-refractivity contribution is 0.380. The molecule has 1 aromatic heterocycles. The fraction of sp³-hybridized carbons (Fsp3) is 0.421. The lowest BCUT2D eigenvalue weighted by atomic mass is 10.2. The van der Waals surface area contributed by atoms with Gasteiger partial charge in [0.15, 0.2) is 0 Å². The van der Waals surface area contributed by atoms with Gasteiger partial charge >= 0.3 is 0 Å². The molecular formula is C19H25BrFN3O2S. The SMILES string of the molecule is COc1ccc(CN(CCCCN)SCc2nc(Br)ccc2F)c(OC)c1. The first kappa shape index (κ1) is 21.9. The van der Waals surface area contributed by atoms with Gasteiger partial charge in [0.1, 0.15) is 21.9 Å². The average molecular weight is 458 g/mol. The van der Waals surface area contributed by atoms with Crippen LogP contribution in [-0.4, -0.2) is 36.6 Å². The number of nitrogens with zero attached hydrogens (tertiary/aromatic N) is 2. The van der Waals surface area contributed by atoms with Crippen molar-refractivity contribution in [2.45, 2.75) is 25.1 Å². The van der Waals surface area contributed by atoms with Crippen LogP contribution in [0.1, 0.15) is 24.1 Å². The molecule has 2 N–H and O–H groups in total. The molecule has 0 saturated carbocycles. The quantitative estimate of drug-likeness (QED) is 0.306. The summed E-state index contributed by atoms with van der Waals surface area (Å²) in [5, 5.41) is 0. The predicted octanol–water partition coefficient (Wildman–Crippen LogP) is 4.39. The molecule has 1 aromatic carbocycles. The summed E-state index contributed by atoms with van der Waals surface area (Å²) in [6, 6.07) is 8.80. The predicted molar refractivity (Wildman–Crippen MR) is 111 cm³/mol. The van der Waals surface area contributed by atoms with Gasteiger partial charge in [-0.25, -0.2) is 13.7 Å². The van der Waals surface area contributed by atoms with E-state index in [-0.39, 0.29) is 5.82 Å². The van der Waals surface area contributed by atoms with E-state index < -0.39 is 0 Å². The summed E-state index contributed by atoms with van der Waals surface area (Å²) in [6.45, 7) is 2.16. The third kappa shape index (κ3) is 6.95. The molecule has 5 nitrogen and oxygen atoms in total. The molecule has 0 unspecified atom stereocenters. The molecule has 1 heterocycles. The minimum atomic E-state index is -0.297. The van der Waals surface area contributed by atoms with Crippen LogP contribution in [0.15, 0.2) is 34.9 Å². The highest BCUT2D eigenvalue weighted by atomic mass is 79.9. The molecule has 0 aliphatic carbocycles. The van der Waals surface area contributed by atoms with E-state index in [0.717, 1.165) is 36.4 Å². The van der Waals surface area contributed by atoms with Crippen molar-refractivity contribution in [2.24, 2.45) is 5.73 Å². The zero-order valence-electron chi connectivity index (χ0n) is 15.6. The number of unbranched alkanes of at least 4 members (excludes halogenated alkanes) is 1. The minimum absolute atomic E-state index is 0.297. The summed E-state index contributed by atoms with van der Waals surface area (Å²) in [5.41, 5.74) is 7.10. The Morgan fingerprint density at radius 1 is 1.19 bits per heavy atom. The molecule has 0 spiro atoms. The third-order valence-electron chi connectivity index (χ3n) is 3.97. The van der Waals surface area contributed by atoms with Crippen molar-refractivity contribution < 1.29 is 13.9 Å². The number of hydrogen-bond donors (Lipinski definition) is 1. The molecule has 0 fully saturated rings. The molecule has 2 rings (SSSR count). The first-order valence-electron chi connectivity index (χ1n) is 8.67. The number of methoxy groups -OCH3 is 2. The Kier molecular flexibility index (Phi) is 9.33. The normalized spacial score (nSPS) is 11.0. The standard InChI is InChI=1S/C19H25BrFN3O2S/c1-25-15-6-5-14(18(11-15)26-2)12-24(10-4-3-9-22)27-13-17-16(21)7-8-19(20)23-17/h5-8,11H,3-4,9-10,12-13,22H2,1-2H3. The van der Waals surface area contributed by atoms with Gasteiger partial charge in [0.05, 0.1) is 25.7 Å². The van der Waals surface area contributed by atoms with Gasteiger partial charge in [0.2, 0.25) is 0 Å². The van der Waals surface area contributed by atoms with Gasteiger partial charge in [-0.15, -0.1) is 0 Å². The first-order chi connectivity index (χ1) is 13.1. The van der Waals surface area contributed by atoms with E-state index in [1.165, 1.54) is 6.07 Å². The van der Waals surface area contributed by atoms with Gasteiger partial charge in [0, 0.05) is 24.7 Å². The van der Waals surface area contributed by atoms with Crippen LogP contribution in [-0.2, 0) is 12.3 Å². The van der Waals surface area contributed by atoms with Crippen molar-refractivity contribution in [1.82, 2.24) is 9.29 Å². The minimum Gasteiger partial charge on any atom is -0.497 e. The van der Waals surface area contributed by atoms with E-state index in [1.54, 1.807) is 32.2 Å². The highest BCUT2D eigenvalue weighted by molar-refractivity contribution is 9.10. The van der Waals surface area contributed by atoms with Gasteiger partial charge in [-0.3, -0.25) is 0 Å². The van der Waals surface area contributed by atoms with Gasteiger partial charge in [-0.1, -0.05) is 18.0 Å². The van der Waals surface area contributed by atoms with Crippen LogP contribution in [0, 0.1) is 5.82 Å². The molecule has 8 heteroatoms. The zero-order valence-corrected chi connectivity index (χ0v) is 18.0. The molecule has 0 atom stereocenters. The number of rotatable bonds is 11. The molecular weight excluding hydrogens is 433 g/mol. The second-order valence-corrected chi connectivity index (χ2v) is 7.75. The summed E-state index contributed by atoms with van der Waals surface area (Å²) >= 11 is 4.85. The molecule has 27 heavy (non-hydrogen) atoms. The van der Waals surface area contributed by atoms with Crippen LogP contribution in [0.4, 0.5) is 4.39 Å². The van der Waals surface area contributed by atoms with Crippen LogP contribution in [0.3, 0.4) is 0 Å². The zero-order chi connectivity index (χ0) is 19.6. The van der Waals surface area contributed by atoms with Gasteiger partial charge in [-0.2, -0.15) is 0 Å². The Morgan fingerprint density at radius 2 is 2.00 bits per heavy atom. The molecule has 0 radical (unpaired) electrons. The Bertz CT molecular complexity index is 736. The molecule has 0 saturated heterocycles. The lowest BCUT2D eigenvalue weighted by Crippen LogP contribution is -2.19. The van der Waals surface area contributed by atoms with Crippen LogP contribution < -0.4 is 15.2 Å². The molecule has 0 aliphatic heterocycles. The van der Waals surface area contributed by atoms with E-state index in [1.807, 2.05) is 18.2 Å². The van der Waals surface area contributed by atoms with Crippen molar-refractivity contribution in [3.63, 3.8) is 0 Å². The topological polar surface area (TPSA) is 60.6 Å². The number of benzene rings is 1. The van der Waals surface area contributed by atoms with Gasteiger partial charge in [-0.05, 0) is 53.5 Å². The number of pyridine rings is 1.